The van der Waals surface area contributed by atoms with Gasteiger partial charge in [-0.3, -0.25) is 0 Å². The monoisotopic (exact) mass is 214 g/mol. The van der Waals surface area contributed by atoms with Gasteiger partial charge in [-0.05, 0) is 6.92 Å². The van der Waals surface area contributed by atoms with Crippen molar-refractivity contribution in [3.05, 3.63) is 0 Å². The Kier molecular flexibility index (Phi) is 3.39. The quantitative estimate of drug-likeness (QED) is 0.626. The first kappa shape index (κ1) is 10.2. The molecular weight excluding hydrogens is 200 g/mol. The topological polar surface area (TPSA) is 61.6 Å². The first-order valence-corrected chi connectivity index (χ1v) is 5.03. The third kappa shape index (κ3) is 2.59. The molecule has 0 spiro atoms. The second-order valence-corrected chi connectivity index (χ2v) is 2.97. The van der Waals surface area contributed by atoms with Crippen LogP contribution in [0.25, 0.3) is 0 Å². The highest BCUT2D eigenvalue weighted by atomic mass is 16.8. The maximum Gasteiger partial charge on any atom is 0.386 e. The minimum Gasteiger partial charge on any atom is -0.475 e. The number of ether oxygens (including phenoxy) is 4. The molecule has 0 aromatic heterocycles. The van der Waals surface area contributed by atoms with Gasteiger partial charge in [0.15, 0.2) is 0 Å². The fourth-order valence-corrected chi connectivity index (χ4v) is 1.28. The van der Waals surface area contributed by atoms with Gasteiger partial charge in [0.2, 0.25) is 0 Å². The van der Waals surface area contributed by atoms with Crippen molar-refractivity contribution in [2.45, 2.75) is 13.2 Å². The Morgan fingerprint density at radius 2 is 2.07 bits per heavy atom. The van der Waals surface area contributed by atoms with Gasteiger partial charge in [0, 0.05) is 6.61 Å². The lowest BCUT2D eigenvalue weighted by molar-refractivity contribution is -0.0606. The van der Waals surface area contributed by atoms with Crippen LogP contribution < -0.4 is 0 Å². The Labute approximate surface area is 87.9 Å². The van der Waals surface area contributed by atoms with Crippen molar-refractivity contribution in [2.24, 2.45) is 9.98 Å². The highest BCUT2D eigenvalue weighted by Crippen LogP contribution is 2.08. The molecule has 0 aromatic carbocycles. The molecule has 0 saturated heterocycles. The Balaban J connectivity index is 1.92. The summed E-state index contributed by atoms with van der Waals surface area (Å²) in [5.74, 6) is 0.468. The SMILES string of the molecule is CCOC(OC1=NCCO1)C1=NCCO1. The average Bonchev–Trinajstić information content (AvgIpc) is 2.89. The molecule has 84 valence electrons. The van der Waals surface area contributed by atoms with E-state index in [4.69, 9.17) is 18.9 Å². The maximum absolute atomic E-state index is 5.39. The lowest BCUT2D eigenvalue weighted by Crippen LogP contribution is -2.30. The lowest BCUT2D eigenvalue weighted by atomic mass is 10.6. The summed E-state index contributed by atoms with van der Waals surface area (Å²) < 4.78 is 21.1. The van der Waals surface area contributed by atoms with Crippen LogP contribution in [0.15, 0.2) is 9.98 Å². The molecule has 0 radical (unpaired) electrons. The van der Waals surface area contributed by atoms with Gasteiger partial charge in [-0.15, -0.1) is 0 Å². The molecular formula is C9H14N2O4. The summed E-state index contributed by atoms with van der Waals surface area (Å²) in [5, 5.41) is 0. The molecule has 6 heteroatoms. The van der Waals surface area contributed by atoms with Gasteiger partial charge >= 0.3 is 6.08 Å². The fraction of sp³-hybridized carbons (Fsp3) is 0.778. The lowest BCUT2D eigenvalue weighted by Gasteiger charge is -2.16. The molecule has 0 aliphatic carbocycles. The van der Waals surface area contributed by atoms with E-state index in [9.17, 15) is 0 Å². The molecule has 15 heavy (non-hydrogen) atoms. The summed E-state index contributed by atoms with van der Waals surface area (Å²) in [5.41, 5.74) is 0. The van der Waals surface area contributed by atoms with E-state index < -0.39 is 6.29 Å². The van der Waals surface area contributed by atoms with Gasteiger partial charge in [0.1, 0.15) is 13.2 Å². The molecule has 1 unspecified atom stereocenters. The number of nitrogens with zero attached hydrogens (tertiary/aromatic N) is 2. The van der Waals surface area contributed by atoms with Crippen LogP contribution in [-0.4, -0.2) is 51.2 Å². The van der Waals surface area contributed by atoms with Crippen LogP contribution in [0.4, 0.5) is 0 Å². The van der Waals surface area contributed by atoms with Crippen LogP contribution in [0, 0.1) is 0 Å². The van der Waals surface area contributed by atoms with Crippen LogP contribution >= 0.6 is 0 Å². The summed E-state index contributed by atoms with van der Waals surface area (Å²) in [6.07, 6.45) is -0.374. The van der Waals surface area contributed by atoms with Crippen molar-refractivity contribution in [3.8, 4) is 0 Å². The van der Waals surface area contributed by atoms with E-state index in [1.54, 1.807) is 0 Å². The molecule has 0 bridgehead atoms. The summed E-state index contributed by atoms with van der Waals surface area (Å²) in [4.78, 5) is 8.14. The molecule has 0 saturated carbocycles. The molecule has 0 N–H and O–H groups in total. The van der Waals surface area contributed by atoms with E-state index in [-0.39, 0.29) is 6.08 Å². The smallest absolute Gasteiger partial charge is 0.386 e. The van der Waals surface area contributed by atoms with Gasteiger partial charge in [0.05, 0.1) is 13.1 Å². The molecule has 2 aliphatic rings. The molecule has 0 fully saturated rings. The Morgan fingerprint density at radius 1 is 1.27 bits per heavy atom. The van der Waals surface area contributed by atoms with Crippen molar-refractivity contribution in [3.63, 3.8) is 0 Å². The summed E-state index contributed by atoms with van der Waals surface area (Å²) in [6, 6.07) is 0. The van der Waals surface area contributed by atoms with Crippen molar-refractivity contribution < 1.29 is 18.9 Å². The number of hydrogen-bond acceptors (Lipinski definition) is 6. The zero-order valence-electron chi connectivity index (χ0n) is 8.64. The van der Waals surface area contributed by atoms with Crippen LogP contribution in [0.1, 0.15) is 6.92 Å². The second-order valence-electron chi connectivity index (χ2n) is 2.97. The highest BCUT2D eigenvalue weighted by Gasteiger charge is 2.26. The first-order valence-electron chi connectivity index (χ1n) is 5.03. The summed E-state index contributed by atoms with van der Waals surface area (Å²) >= 11 is 0. The number of hydrogen-bond donors (Lipinski definition) is 0. The summed E-state index contributed by atoms with van der Waals surface area (Å²) in [6.45, 7) is 4.80. The van der Waals surface area contributed by atoms with Crippen LogP contribution in [0.5, 0.6) is 0 Å². The van der Waals surface area contributed by atoms with E-state index >= 15 is 0 Å². The van der Waals surface area contributed by atoms with Crippen LogP contribution in [-0.2, 0) is 18.9 Å². The molecule has 2 heterocycles. The third-order valence-electron chi connectivity index (χ3n) is 1.89. The predicted molar refractivity (Wildman–Crippen MR) is 53.0 cm³/mol. The van der Waals surface area contributed by atoms with E-state index in [0.29, 0.717) is 38.8 Å². The average molecular weight is 214 g/mol. The Morgan fingerprint density at radius 3 is 2.67 bits per heavy atom. The fourth-order valence-electron chi connectivity index (χ4n) is 1.28. The van der Waals surface area contributed by atoms with Crippen molar-refractivity contribution >= 4 is 12.0 Å². The molecule has 2 rings (SSSR count). The van der Waals surface area contributed by atoms with Crippen molar-refractivity contribution in [1.82, 2.24) is 0 Å². The highest BCUT2D eigenvalue weighted by molar-refractivity contribution is 5.83. The number of rotatable bonds is 4. The van der Waals surface area contributed by atoms with Gasteiger partial charge in [-0.25, -0.2) is 9.98 Å². The van der Waals surface area contributed by atoms with Crippen LogP contribution in [0.2, 0.25) is 0 Å². The zero-order chi connectivity index (χ0) is 10.5. The minimum atomic E-state index is -0.630. The molecule has 0 aromatic rings. The normalized spacial score (nSPS) is 21.4. The zero-order valence-corrected chi connectivity index (χ0v) is 8.64. The van der Waals surface area contributed by atoms with Gasteiger partial charge < -0.3 is 18.9 Å². The molecule has 0 amide bonds. The van der Waals surface area contributed by atoms with Crippen LogP contribution in [0.3, 0.4) is 0 Å². The van der Waals surface area contributed by atoms with E-state index in [2.05, 4.69) is 9.98 Å². The van der Waals surface area contributed by atoms with Gasteiger partial charge in [-0.2, -0.15) is 0 Å². The van der Waals surface area contributed by atoms with Crippen molar-refractivity contribution in [1.29, 1.82) is 0 Å². The van der Waals surface area contributed by atoms with Gasteiger partial charge in [0.25, 0.3) is 12.2 Å². The predicted octanol–water partition coefficient (Wildman–Crippen LogP) is 0.180. The molecule has 6 nitrogen and oxygen atoms in total. The molecule has 1 atom stereocenters. The Hall–Kier alpha value is -1.30. The Bertz CT molecular complexity index is 277. The first-order chi connectivity index (χ1) is 7.40. The van der Waals surface area contributed by atoms with E-state index in [0.717, 1.165) is 0 Å². The van der Waals surface area contributed by atoms with Gasteiger partial charge in [-0.1, -0.05) is 0 Å². The second kappa shape index (κ2) is 4.97. The van der Waals surface area contributed by atoms with Crippen molar-refractivity contribution in [2.75, 3.05) is 32.9 Å². The maximum atomic E-state index is 5.39. The third-order valence-corrected chi connectivity index (χ3v) is 1.89. The standard InChI is InChI=1S/C9H14N2O4/c1-2-12-8(7-10-3-5-13-7)15-9-11-4-6-14-9/h8H,2-6H2,1H3. The largest absolute Gasteiger partial charge is 0.475 e. The summed E-state index contributed by atoms with van der Waals surface area (Å²) in [7, 11) is 0. The van der Waals surface area contributed by atoms with E-state index in [1.165, 1.54) is 0 Å². The molecule has 2 aliphatic heterocycles. The number of aliphatic imine (C=N–C) groups is 2. The minimum absolute atomic E-state index is 0.256. The van der Waals surface area contributed by atoms with E-state index in [1.807, 2.05) is 6.92 Å².